The predicted octanol–water partition coefficient (Wildman–Crippen LogP) is 2.93. The Morgan fingerprint density at radius 3 is 2.83 bits per heavy atom. The summed E-state index contributed by atoms with van der Waals surface area (Å²) < 4.78 is 0. The van der Waals surface area contributed by atoms with Crippen LogP contribution in [-0.2, 0) is 5.75 Å². The van der Waals surface area contributed by atoms with E-state index in [1.807, 2.05) is 23.9 Å². The fourth-order valence-corrected chi connectivity index (χ4v) is 5.29. The van der Waals surface area contributed by atoms with Gasteiger partial charge in [-0.2, -0.15) is 0 Å². The third kappa shape index (κ3) is 3.66. The Kier molecular flexibility index (Phi) is 5.07. The van der Waals surface area contributed by atoms with Crippen LogP contribution in [-0.4, -0.2) is 34.8 Å². The number of nitrogens with zero attached hydrogens (tertiary/aromatic N) is 1. The molecule has 2 aliphatic heterocycles. The van der Waals surface area contributed by atoms with Gasteiger partial charge in [-0.1, -0.05) is 30.2 Å². The van der Waals surface area contributed by atoms with Crippen molar-refractivity contribution >= 4 is 35.0 Å². The van der Waals surface area contributed by atoms with Crippen molar-refractivity contribution in [3.8, 4) is 0 Å². The summed E-state index contributed by atoms with van der Waals surface area (Å²) in [6.45, 7) is 1.07. The molecule has 5 atom stereocenters. The van der Waals surface area contributed by atoms with Gasteiger partial charge in [0, 0.05) is 28.7 Å². The number of alkyl halides is 1. The number of rotatable bonds is 3. The lowest BCUT2D eigenvalue weighted by atomic mass is 9.83. The molecule has 3 aliphatic rings. The zero-order chi connectivity index (χ0) is 15.8. The van der Waals surface area contributed by atoms with Crippen molar-refractivity contribution in [2.75, 3.05) is 6.54 Å². The number of nitrogens with one attached hydrogen (secondary N) is 3. The summed E-state index contributed by atoms with van der Waals surface area (Å²) in [6, 6.07) is 8.50. The molecule has 23 heavy (non-hydrogen) atoms. The van der Waals surface area contributed by atoms with Gasteiger partial charge in [-0.3, -0.25) is 10.6 Å². The molecular weight excluding hydrogens is 351 g/mol. The number of halogens is 2. The molecule has 2 saturated heterocycles. The van der Waals surface area contributed by atoms with Crippen LogP contribution >= 0.6 is 35.0 Å². The molecule has 1 aliphatic carbocycles. The van der Waals surface area contributed by atoms with E-state index in [1.165, 1.54) is 18.4 Å². The van der Waals surface area contributed by atoms with Crippen molar-refractivity contribution in [2.24, 2.45) is 5.92 Å². The highest BCUT2D eigenvalue weighted by Gasteiger charge is 2.44. The van der Waals surface area contributed by atoms with Crippen molar-refractivity contribution < 1.29 is 0 Å². The molecule has 3 fully saturated rings. The number of benzene rings is 1. The maximum atomic E-state index is 6.53. The van der Waals surface area contributed by atoms with Crippen LogP contribution in [0.15, 0.2) is 24.3 Å². The summed E-state index contributed by atoms with van der Waals surface area (Å²) in [5.74, 6) is 1.60. The van der Waals surface area contributed by atoms with E-state index in [0.717, 1.165) is 23.7 Å². The van der Waals surface area contributed by atoms with Crippen LogP contribution in [0.2, 0.25) is 5.02 Å². The maximum absolute atomic E-state index is 6.53. The standard InChI is InChI=1S/C16H22Cl2N4S/c17-12-6-4-10(5-7-12)9-23-16-20-15-19-14-11(8-22(15)21-16)2-1-3-13(14)18/h4-7,11,13-16,19-21H,1-3,8-9H2. The summed E-state index contributed by atoms with van der Waals surface area (Å²) in [7, 11) is 0. The fraction of sp³-hybridized carbons (Fsp3) is 0.625. The molecule has 3 N–H and O–H groups in total. The second kappa shape index (κ2) is 7.08. The second-order valence-corrected chi connectivity index (χ2v) is 8.66. The minimum atomic E-state index is 0.179. The second-order valence-electron chi connectivity index (χ2n) is 6.57. The molecule has 7 heteroatoms. The molecule has 0 bridgehead atoms. The van der Waals surface area contributed by atoms with Gasteiger partial charge in [0.2, 0.25) is 0 Å². The quantitative estimate of drug-likeness (QED) is 0.711. The normalized spacial score (nSPS) is 37.4. The van der Waals surface area contributed by atoms with E-state index >= 15 is 0 Å². The number of thioether (sulfide) groups is 1. The fourth-order valence-electron chi connectivity index (χ4n) is 3.75. The third-order valence-corrected chi connectivity index (χ3v) is 6.78. The molecule has 0 amide bonds. The molecule has 5 unspecified atom stereocenters. The lowest BCUT2D eigenvalue weighted by Crippen LogP contribution is -2.65. The number of fused-ring (bicyclic) bond motifs is 2. The minimum Gasteiger partial charge on any atom is -0.284 e. The molecule has 4 rings (SSSR count). The van der Waals surface area contributed by atoms with E-state index in [2.05, 4.69) is 33.2 Å². The first-order chi connectivity index (χ1) is 11.2. The largest absolute Gasteiger partial charge is 0.284 e. The van der Waals surface area contributed by atoms with Crippen LogP contribution in [0.1, 0.15) is 24.8 Å². The third-order valence-electron chi connectivity index (χ3n) is 4.97. The summed E-state index contributed by atoms with van der Waals surface area (Å²) >= 11 is 14.3. The van der Waals surface area contributed by atoms with E-state index < -0.39 is 0 Å². The monoisotopic (exact) mass is 372 g/mol. The smallest absolute Gasteiger partial charge is 0.129 e. The van der Waals surface area contributed by atoms with E-state index in [4.69, 9.17) is 23.2 Å². The first-order valence-corrected chi connectivity index (χ1v) is 10.1. The highest BCUT2D eigenvalue weighted by Crippen LogP contribution is 2.33. The van der Waals surface area contributed by atoms with Crippen molar-refractivity contribution in [2.45, 2.75) is 48.2 Å². The van der Waals surface area contributed by atoms with Crippen LogP contribution in [0.5, 0.6) is 0 Å². The Labute approximate surface area is 151 Å². The van der Waals surface area contributed by atoms with E-state index in [9.17, 15) is 0 Å². The van der Waals surface area contributed by atoms with Gasteiger partial charge in [0.25, 0.3) is 0 Å². The van der Waals surface area contributed by atoms with E-state index in [0.29, 0.717) is 12.0 Å². The molecular formula is C16H22Cl2N4S. The van der Waals surface area contributed by atoms with E-state index in [1.54, 1.807) is 0 Å². The van der Waals surface area contributed by atoms with Crippen molar-refractivity contribution in [3.05, 3.63) is 34.9 Å². The van der Waals surface area contributed by atoms with Gasteiger partial charge in [-0.15, -0.1) is 23.4 Å². The van der Waals surface area contributed by atoms with E-state index in [-0.39, 0.29) is 17.2 Å². The average Bonchev–Trinajstić information content (AvgIpc) is 2.95. The van der Waals surface area contributed by atoms with Gasteiger partial charge in [0.1, 0.15) is 11.8 Å². The Balaban J connectivity index is 1.33. The Morgan fingerprint density at radius 1 is 1.17 bits per heavy atom. The van der Waals surface area contributed by atoms with Gasteiger partial charge in [-0.05, 0) is 36.5 Å². The zero-order valence-electron chi connectivity index (χ0n) is 12.8. The molecule has 0 radical (unpaired) electrons. The van der Waals surface area contributed by atoms with Crippen molar-refractivity contribution in [3.63, 3.8) is 0 Å². The Morgan fingerprint density at radius 2 is 2.00 bits per heavy atom. The zero-order valence-corrected chi connectivity index (χ0v) is 15.2. The van der Waals surface area contributed by atoms with Gasteiger partial charge in [-0.25, -0.2) is 10.4 Å². The van der Waals surface area contributed by atoms with Gasteiger partial charge in [0.05, 0.1) is 0 Å². The molecule has 1 aromatic rings. The number of hydrogen-bond donors (Lipinski definition) is 3. The highest BCUT2D eigenvalue weighted by atomic mass is 35.5. The van der Waals surface area contributed by atoms with Crippen LogP contribution in [0.4, 0.5) is 0 Å². The topological polar surface area (TPSA) is 39.3 Å². The summed E-state index contributed by atoms with van der Waals surface area (Å²) in [4.78, 5) is 0. The number of hydrazine groups is 1. The van der Waals surface area contributed by atoms with Gasteiger partial charge in [0.15, 0.2) is 0 Å². The summed E-state index contributed by atoms with van der Waals surface area (Å²) in [5.41, 5.74) is 5.08. The molecule has 1 aromatic carbocycles. The Bertz CT molecular complexity index is 543. The van der Waals surface area contributed by atoms with Crippen LogP contribution < -0.4 is 16.1 Å². The summed E-state index contributed by atoms with van der Waals surface area (Å²) in [6.07, 6.45) is 3.83. The number of hydrogen-bond acceptors (Lipinski definition) is 5. The van der Waals surface area contributed by atoms with Crippen molar-refractivity contribution in [1.82, 2.24) is 21.1 Å². The van der Waals surface area contributed by atoms with Crippen LogP contribution in [0.3, 0.4) is 0 Å². The van der Waals surface area contributed by atoms with Crippen molar-refractivity contribution in [1.29, 1.82) is 0 Å². The Hall–Kier alpha value is -0.0100. The molecule has 0 aromatic heterocycles. The SMILES string of the molecule is Clc1ccc(CSC2NC3NC4C(Cl)CCCC4CN3N2)cc1. The minimum absolute atomic E-state index is 0.179. The van der Waals surface area contributed by atoms with Crippen LogP contribution in [0, 0.1) is 5.92 Å². The maximum Gasteiger partial charge on any atom is 0.129 e. The van der Waals surface area contributed by atoms with Gasteiger partial charge >= 0.3 is 0 Å². The lowest BCUT2D eigenvalue weighted by Gasteiger charge is -2.45. The van der Waals surface area contributed by atoms with Crippen LogP contribution in [0.25, 0.3) is 0 Å². The average molecular weight is 373 g/mol. The molecule has 1 saturated carbocycles. The lowest BCUT2D eigenvalue weighted by molar-refractivity contribution is 0.0350. The first-order valence-electron chi connectivity index (χ1n) is 8.24. The molecule has 126 valence electrons. The highest BCUT2D eigenvalue weighted by molar-refractivity contribution is 7.99. The summed E-state index contributed by atoms with van der Waals surface area (Å²) in [5, 5.41) is 10.7. The van der Waals surface area contributed by atoms with Gasteiger partial charge < -0.3 is 0 Å². The molecule has 2 heterocycles. The molecule has 4 nitrogen and oxygen atoms in total. The molecule has 0 spiro atoms. The predicted molar refractivity (Wildman–Crippen MR) is 97.2 cm³/mol. The first kappa shape index (κ1) is 16.5.